The van der Waals surface area contributed by atoms with Crippen molar-refractivity contribution in [2.24, 2.45) is 16.4 Å². The molecular formula is C13H25N3S. The predicted molar refractivity (Wildman–Crippen MR) is 78.2 cm³/mol. The summed E-state index contributed by atoms with van der Waals surface area (Å²) in [6.45, 7) is 11.0. The molecule has 0 radical (unpaired) electrons. The molecule has 0 unspecified atom stereocenters. The first-order valence-electron chi connectivity index (χ1n) is 6.40. The maximum absolute atomic E-state index is 5.16. The van der Waals surface area contributed by atoms with E-state index in [0.29, 0.717) is 22.5 Å². The first-order valence-corrected chi connectivity index (χ1v) is 6.81. The maximum Gasteiger partial charge on any atom is 0.187 e. The van der Waals surface area contributed by atoms with Crippen LogP contribution in [0.2, 0.25) is 0 Å². The zero-order chi connectivity index (χ0) is 13.1. The highest BCUT2D eigenvalue weighted by Gasteiger charge is 2.29. The fraction of sp³-hybridized carbons (Fsp3) is 0.846. The summed E-state index contributed by atoms with van der Waals surface area (Å²) in [5, 5.41) is 8.19. The van der Waals surface area contributed by atoms with Gasteiger partial charge in [-0.2, -0.15) is 5.10 Å². The van der Waals surface area contributed by atoms with E-state index < -0.39 is 0 Å². The van der Waals surface area contributed by atoms with Crippen molar-refractivity contribution in [3.8, 4) is 0 Å². The number of thiocarbonyl (C=S) groups is 1. The molecule has 0 amide bonds. The average molecular weight is 255 g/mol. The summed E-state index contributed by atoms with van der Waals surface area (Å²) in [4.78, 5) is 0. The molecule has 1 rings (SSSR count). The van der Waals surface area contributed by atoms with Crippen molar-refractivity contribution in [2.75, 3.05) is 0 Å². The summed E-state index contributed by atoms with van der Waals surface area (Å²) in [7, 11) is 0. The van der Waals surface area contributed by atoms with Crippen LogP contribution in [-0.4, -0.2) is 16.9 Å². The van der Waals surface area contributed by atoms with Crippen molar-refractivity contribution in [1.29, 1.82) is 0 Å². The summed E-state index contributed by atoms with van der Waals surface area (Å²) in [6.07, 6.45) is 3.43. The molecule has 17 heavy (non-hydrogen) atoms. The van der Waals surface area contributed by atoms with E-state index in [1.54, 1.807) is 0 Å². The van der Waals surface area contributed by atoms with Crippen molar-refractivity contribution >= 4 is 23.0 Å². The molecule has 0 spiro atoms. The van der Waals surface area contributed by atoms with Gasteiger partial charge in [-0.25, -0.2) is 0 Å². The minimum Gasteiger partial charge on any atom is -0.359 e. The standard InChI is InChI=1S/C13H25N3S/c1-9(2)14-12(17)16-15-11-6-10(3)7-13(4,5)8-11/h9-10H,6-8H2,1-5H3,(H2,14,16,17)/t10-/m0/s1. The molecule has 0 saturated heterocycles. The SMILES string of the molecule is CC(C)NC(=S)NN=C1C[C@H](C)CC(C)(C)C1. The first kappa shape index (κ1) is 14.4. The molecule has 1 saturated carbocycles. The molecule has 0 aliphatic heterocycles. The first-order chi connectivity index (χ1) is 7.78. The van der Waals surface area contributed by atoms with Crippen LogP contribution in [0.5, 0.6) is 0 Å². The highest BCUT2D eigenvalue weighted by molar-refractivity contribution is 7.80. The van der Waals surface area contributed by atoms with E-state index in [4.69, 9.17) is 12.2 Å². The van der Waals surface area contributed by atoms with Crippen LogP contribution < -0.4 is 10.7 Å². The lowest BCUT2D eigenvalue weighted by Crippen LogP contribution is -2.38. The topological polar surface area (TPSA) is 36.4 Å². The Hall–Kier alpha value is -0.640. The molecule has 1 fully saturated rings. The van der Waals surface area contributed by atoms with Gasteiger partial charge in [0, 0.05) is 11.8 Å². The van der Waals surface area contributed by atoms with Crippen molar-refractivity contribution in [3.63, 3.8) is 0 Å². The molecule has 1 aliphatic carbocycles. The van der Waals surface area contributed by atoms with Crippen molar-refractivity contribution in [2.45, 2.75) is 59.9 Å². The molecule has 1 aliphatic rings. The molecule has 1 atom stereocenters. The maximum atomic E-state index is 5.16. The third-order valence-corrected chi connectivity index (χ3v) is 3.11. The van der Waals surface area contributed by atoms with Crippen LogP contribution in [-0.2, 0) is 0 Å². The number of hydrogen-bond acceptors (Lipinski definition) is 2. The zero-order valence-corrected chi connectivity index (χ0v) is 12.4. The van der Waals surface area contributed by atoms with Crippen LogP contribution in [0.4, 0.5) is 0 Å². The van der Waals surface area contributed by atoms with Crippen LogP contribution in [0.15, 0.2) is 5.10 Å². The minimum absolute atomic E-state index is 0.344. The van der Waals surface area contributed by atoms with Crippen LogP contribution in [0, 0.1) is 11.3 Å². The van der Waals surface area contributed by atoms with Gasteiger partial charge in [0.25, 0.3) is 0 Å². The minimum atomic E-state index is 0.344. The molecular weight excluding hydrogens is 230 g/mol. The number of hydrogen-bond donors (Lipinski definition) is 2. The van der Waals surface area contributed by atoms with Crippen molar-refractivity contribution in [3.05, 3.63) is 0 Å². The Morgan fingerprint density at radius 2 is 2.12 bits per heavy atom. The van der Waals surface area contributed by atoms with E-state index in [2.05, 4.69) is 50.5 Å². The van der Waals surface area contributed by atoms with Crippen molar-refractivity contribution in [1.82, 2.24) is 10.7 Å². The van der Waals surface area contributed by atoms with Gasteiger partial charge >= 0.3 is 0 Å². The van der Waals surface area contributed by atoms with Gasteiger partial charge in [-0.3, -0.25) is 5.43 Å². The molecule has 3 nitrogen and oxygen atoms in total. The summed E-state index contributed by atoms with van der Waals surface area (Å²) >= 11 is 5.16. The Morgan fingerprint density at radius 1 is 1.47 bits per heavy atom. The molecule has 0 bridgehead atoms. The predicted octanol–water partition coefficient (Wildman–Crippen LogP) is 3.06. The number of rotatable bonds is 2. The normalized spacial score (nSPS) is 26.0. The van der Waals surface area contributed by atoms with Gasteiger partial charge in [0.1, 0.15) is 0 Å². The second-order valence-corrected chi connectivity index (χ2v) is 6.68. The summed E-state index contributed by atoms with van der Waals surface area (Å²) in [6, 6.07) is 0.344. The van der Waals surface area contributed by atoms with Gasteiger partial charge in [-0.15, -0.1) is 0 Å². The second kappa shape index (κ2) is 5.80. The van der Waals surface area contributed by atoms with E-state index in [1.807, 2.05) is 0 Å². The van der Waals surface area contributed by atoms with Gasteiger partial charge in [0.15, 0.2) is 5.11 Å². The fourth-order valence-corrected chi connectivity index (χ4v) is 2.91. The largest absolute Gasteiger partial charge is 0.359 e. The second-order valence-electron chi connectivity index (χ2n) is 6.27. The smallest absolute Gasteiger partial charge is 0.187 e. The van der Waals surface area contributed by atoms with Gasteiger partial charge in [-0.1, -0.05) is 20.8 Å². The average Bonchev–Trinajstić information content (AvgIpc) is 2.10. The molecule has 98 valence electrons. The summed E-state index contributed by atoms with van der Waals surface area (Å²) in [5.41, 5.74) is 4.55. The number of nitrogens with one attached hydrogen (secondary N) is 2. The lowest BCUT2D eigenvalue weighted by molar-refractivity contribution is 0.265. The Labute approximate surface area is 110 Å². The third kappa shape index (κ3) is 5.48. The summed E-state index contributed by atoms with van der Waals surface area (Å²) in [5.74, 6) is 0.714. The van der Waals surface area contributed by atoms with E-state index in [9.17, 15) is 0 Å². The lowest BCUT2D eigenvalue weighted by Gasteiger charge is -2.34. The lowest BCUT2D eigenvalue weighted by atomic mass is 9.72. The molecule has 0 aromatic rings. The highest BCUT2D eigenvalue weighted by Crippen LogP contribution is 2.36. The zero-order valence-electron chi connectivity index (χ0n) is 11.6. The van der Waals surface area contributed by atoms with Gasteiger partial charge < -0.3 is 5.32 Å². The number of nitrogens with zero attached hydrogens (tertiary/aromatic N) is 1. The van der Waals surface area contributed by atoms with Gasteiger partial charge in [0.05, 0.1) is 0 Å². The van der Waals surface area contributed by atoms with Gasteiger partial charge in [0.2, 0.25) is 0 Å². The monoisotopic (exact) mass is 255 g/mol. The number of hydrazone groups is 1. The quantitative estimate of drug-likeness (QED) is 0.588. The Morgan fingerprint density at radius 3 is 2.65 bits per heavy atom. The van der Waals surface area contributed by atoms with Crippen LogP contribution in [0.3, 0.4) is 0 Å². The van der Waals surface area contributed by atoms with Crippen LogP contribution in [0.1, 0.15) is 53.9 Å². The third-order valence-electron chi connectivity index (χ3n) is 2.90. The van der Waals surface area contributed by atoms with E-state index in [-0.39, 0.29) is 0 Å². The van der Waals surface area contributed by atoms with Crippen LogP contribution in [0.25, 0.3) is 0 Å². The molecule has 0 heterocycles. The molecule has 0 aromatic carbocycles. The Bertz CT molecular complexity index is 308. The summed E-state index contributed by atoms with van der Waals surface area (Å²) < 4.78 is 0. The van der Waals surface area contributed by atoms with Crippen molar-refractivity contribution < 1.29 is 0 Å². The Kier molecular flexibility index (Phi) is 4.92. The van der Waals surface area contributed by atoms with E-state index in [1.165, 1.54) is 12.1 Å². The molecule has 2 N–H and O–H groups in total. The molecule has 0 aromatic heterocycles. The fourth-order valence-electron chi connectivity index (χ4n) is 2.62. The van der Waals surface area contributed by atoms with E-state index in [0.717, 1.165) is 12.8 Å². The highest BCUT2D eigenvalue weighted by atomic mass is 32.1. The van der Waals surface area contributed by atoms with Crippen LogP contribution >= 0.6 is 12.2 Å². The van der Waals surface area contributed by atoms with E-state index >= 15 is 0 Å². The van der Waals surface area contributed by atoms with Gasteiger partial charge in [-0.05, 0) is 56.7 Å². The molecule has 4 heteroatoms. The Balaban J connectivity index is 2.51.